The van der Waals surface area contributed by atoms with Gasteiger partial charge in [-0.25, -0.2) is 0 Å². The molecule has 2 N–H and O–H groups in total. The second-order valence-corrected chi connectivity index (χ2v) is 7.24. The molecule has 1 aliphatic heterocycles. The van der Waals surface area contributed by atoms with Gasteiger partial charge < -0.3 is 24.7 Å². The van der Waals surface area contributed by atoms with Gasteiger partial charge in [0.05, 0.1) is 48.8 Å². The van der Waals surface area contributed by atoms with Gasteiger partial charge in [0.2, 0.25) is 0 Å². The molecule has 0 aromatic carbocycles. The van der Waals surface area contributed by atoms with Crippen molar-refractivity contribution in [2.24, 2.45) is 0 Å². The van der Waals surface area contributed by atoms with Crippen LogP contribution in [-0.4, -0.2) is 66.2 Å². The van der Waals surface area contributed by atoms with Crippen molar-refractivity contribution in [1.82, 2.24) is 25.0 Å². The van der Waals surface area contributed by atoms with Crippen LogP contribution in [0.25, 0.3) is 0 Å². The van der Waals surface area contributed by atoms with E-state index in [9.17, 15) is 9.59 Å². The van der Waals surface area contributed by atoms with Crippen LogP contribution in [0.2, 0.25) is 0 Å². The lowest BCUT2D eigenvalue weighted by Crippen LogP contribution is -2.36. The minimum atomic E-state index is -0.169. The molecule has 0 saturated heterocycles. The predicted octanol–water partition coefficient (Wildman–Crippen LogP) is 0.679. The maximum atomic E-state index is 12.8. The summed E-state index contributed by atoms with van der Waals surface area (Å²) >= 11 is 0. The highest BCUT2D eigenvalue weighted by molar-refractivity contribution is 5.96. The Kier molecular flexibility index (Phi) is 6.71. The van der Waals surface area contributed by atoms with Crippen LogP contribution in [-0.2, 0) is 29.0 Å². The maximum absolute atomic E-state index is 12.8. The summed E-state index contributed by atoms with van der Waals surface area (Å²) in [6.07, 6.45) is 2.15. The Balaban J connectivity index is 1.64. The molecule has 1 aliphatic rings. The first-order valence-corrected chi connectivity index (χ1v) is 9.74. The van der Waals surface area contributed by atoms with Gasteiger partial charge in [-0.05, 0) is 19.9 Å². The first kappa shape index (κ1) is 21.1. The summed E-state index contributed by atoms with van der Waals surface area (Å²) in [4.78, 5) is 25.2. The number of aryl methyl sites for hydroxylation is 1. The van der Waals surface area contributed by atoms with Crippen molar-refractivity contribution in [3.63, 3.8) is 0 Å². The van der Waals surface area contributed by atoms with Crippen molar-refractivity contribution >= 4 is 11.8 Å². The van der Waals surface area contributed by atoms with Gasteiger partial charge in [-0.15, -0.1) is 0 Å². The smallest absolute Gasteiger partial charge is 0.254 e. The van der Waals surface area contributed by atoms with Crippen molar-refractivity contribution < 1.29 is 19.1 Å². The average molecular weight is 403 g/mol. The van der Waals surface area contributed by atoms with E-state index in [-0.39, 0.29) is 17.9 Å². The molecule has 0 spiro atoms. The molecule has 29 heavy (non-hydrogen) atoms. The van der Waals surface area contributed by atoms with E-state index < -0.39 is 0 Å². The van der Waals surface area contributed by atoms with Gasteiger partial charge in [0.1, 0.15) is 0 Å². The third-order valence-electron chi connectivity index (χ3n) is 5.29. The summed E-state index contributed by atoms with van der Waals surface area (Å²) in [7, 11) is 3.25. The Morgan fingerprint density at radius 2 is 1.93 bits per heavy atom. The van der Waals surface area contributed by atoms with Crippen molar-refractivity contribution in [2.45, 2.75) is 39.4 Å². The van der Waals surface area contributed by atoms with Crippen LogP contribution >= 0.6 is 0 Å². The van der Waals surface area contributed by atoms with Crippen LogP contribution in [0.1, 0.15) is 37.8 Å². The van der Waals surface area contributed by atoms with E-state index in [0.29, 0.717) is 50.4 Å². The topological polar surface area (TPSA) is 99.4 Å². The summed E-state index contributed by atoms with van der Waals surface area (Å²) < 4.78 is 14.0. The van der Waals surface area contributed by atoms with E-state index in [4.69, 9.17) is 9.47 Å². The normalized spacial score (nSPS) is 15.4. The lowest BCUT2D eigenvalue weighted by atomic mass is 10.1. The van der Waals surface area contributed by atoms with Crippen LogP contribution in [0.15, 0.2) is 12.3 Å². The summed E-state index contributed by atoms with van der Waals surface area (Å²) in [5.41, 5.74) is 4.01. The quantitative estimate of drug-likeness (QED) is 0.600. The third-order valence-corrected chi connectivity index (χ3v) is 5.29. The summed E-state index contributed by atoms with van der Waals surface area (Å²) in [6, 6.07) is 1.81. The number of rotatable bonds is 9. The zero-order valence-corrected chi connectivity index (χ0v) is 17.4. The van der Waals surface area contributed by atoms with E-state index in [1.807, 2.05) is 19.9 Å². The number of fused-ring (bicyclic) bond motifs is 1. The number of carbonyl (C=O) groups excluding carboxylic acids is 2. The molecule has 3 heterocycles. The average Bonchev–Trinajstić information content (AvgIpc) is 3.33. The SMILES string of the molecule is COCCNC(=O)c1cnn2c1C[C@H](NC(=O)c1cc(C)n(CCOC)c1C)C2. The standard InChI is InChI=1S/C20H29N5O4/c1-13-9-16(14(2)24(13)6-8-29-4)20(27)23-15-10-18-17(11-22-25(18)12-15)19(26)21-5-7-28-3/h9,11,15H,5-8,10,12H2,1-4H3,(H,21,26)(H,23,27)/t15-/m0/s1. The van der Waals surface area contributed by atoms with Gasteiger partial charge in [0, 0.05) is 45.1 Å². The van der Waals surface area contributed by atoms with Gasteiger partial charge >= 0.3 is 0 Å². The third kappa shape index (κ3) is 4.51. The van der Waals surface area contributed by atoms with Gasteiger partial charge in [0.15, 0.2) is 0 Å². The fraction of sp³-hybridized carbons (Fsp3) is 0.550. The van der Waals surface area contributed by atoms with Crippen LogP contribution in [0.3, 0.4) is 0 Å². The molecule has 0 saturated carbocycles. The number of methoxy groups -OCH3 is 2. The molecule has 9 heteroatoms. The molecule has 9 nitrogen and oxygen atoms in total. The van der Waals surface area contributed by atoms with E-state index in [1.54, 1.807) is 25.1 Å². The zero-order valence-electron chi connectivity index (χ0n) is 17.4. The Labute approximate surface area is 170 Å². The molecule has 2 amide bonds. The summed E-state index contributed by atoms with van der Waals surface area (Å²) in [5, 5.41) is 10.2. The van der Waals surface area contributed by atoms with E-state index in [2.05, 4.69) is 20.3 Å². The lowest BCUT2D eigenvalue weighted by molar-refractivity contribution is 0.0931. The second-order valence-electron chi connectivity index (χ2n) is 7.24. The van der Waals surface area contributed by atoms with Crippen molar-refractivity contribution in [1.29, 1.82) is 0 Å². The van der Waals surface area contributed by atoms with E-state index >= 15 is 0 Å². The number of ether oxygens (including phenoxy) is 2. The fourth-order valence-electron chi connectivity index (χ4n) is 3.76. The summed E-state index contributed by atoms with van der Waals surface area (Å²) in [6.45, 7) is 6.68. The van der Waals surface area contributed by atoms with Gasteiger partial charge in [0.25, 0.3) is 11.8 Å². The predicted molar refractivity (Wildman–Crippen MR) is 107 cm³/mol. The van der Waals surface area contributed by atoms with Crippen LogP contribution in [0.4, 0.5) is 0 Å². The number of aromatic nitrogens is 3. The highest BCUT2D eigenvalue weighted by Crippen LogP contribution is 2.20. The van der Waals surface area contributed by atoms with E-state index in [0.717, 1.165) is 17.1 Å². The molecule has 158 valence electrons. The van der Waals surface area contributed by atoms with Crippen LogP contribution in [0.5, 0.6) is 0 Å². The lowest BCUT2D eigenvalue weighted by Gasteiger charge is -2.13. The minimum Gasteiger partial charge on any atom is -0.383 e. The van der Waals surface area contributed by atoms with Crippen LogP contribution in [0, 0.1) is 13.8 Å². The number of hydrogen-bond acceptors (Lipinski definition) is 5. The van der Waals surface area contributed by atoms with Gasteiger partial charge in [-0.2, -0.15) is 5.10 Å². The molecular weight excluding hydrogens is 374 g/mol. The number of nitrogens with zero attached hydrogens (tertiary/aromatic N) is 3. The maximum Gasteiger partial charge on any atom is 0.254 e. The molecule has 1 atom stereocenters. The van der Waals surface area contributed by atoms with Crippen molar-refractivity contribution in [3.05, 3.63) is 40.5 Å². The minimum absolute atomic E-state index is 0.0984. The molecule has 0 radical (unpaired) electrons. The molecule has 2 aromatic rings. The van der Waals surface area contributed by atoms with Crippen molar-refractivity contribution in [3.8, 4) is 0 Å². The Bertz CT molecular complexity index is 886. The number of nitrogens with one attached hydrogen (secondary N) is 2. The Morgan fingerprint density at radius 1 is 1.17 bits per heavy atom. The molecule has 0 aliphatic carbocycles. The monoisotopic (exact) mass is 403 g/mol. The first-order chi connectivity index (χ1) is 14.0. The van der Waals surface area contributed by atoms with Gasteiger partial charge in [-0.3, -0.25) is 14.3 Å². The highest BCUT2D eigenvalue weighted by atomic mass is 16.5. The molecular formula is C20H29N5O4. The fourth-order valence-corrected chi connectivity index (χ4v) is 3.76. The van der Waals surface area contributed by atoms with Crippen molar-refractivity contribution in [2.75, 3.05) is 34.0 Å². The first-order valence-electron chi connectivity index (χ1n) is 9.74. The Hall–Kier alpha value is -2.65. The molecule has 0 bridgehead atoms. The molecule has 2 aromatic heterocycles. The highest BCUT2D eigenvalue weighted by Gasteiger charge is 2.29. The van der Waals surface area contributed by atoms with Gasteiger partial charge in [-0.1, -0.05) is 0 Å². The number of carbonyl (C=O) groups is 2. The summed E-state index contributed by atoms with van der Waals surface area (Å²) in [5.74, 6) is -0.277. The number of amides is 2. The zero-order chi connectivity index (χ0) is 21.0. The Morgan fingerprint density at radius 3 is 2.66 bits per heavy atom. The number of hydrogen-bond donors (Lipinski definition) is 2. The van der Waals surface area contributed by atoms with E-state index in [1.165, 1.54) is 0 Å². The molecule has 0 fully saturated rings. The second kappa shape index (κ2) is 9.23. The molecule has 0 unspecified atom stereocenters. The van der Waals surface area contributed by atoms with Crippen LogP contribution < -0.4 is 10.6 Å². The largest absolute Gasteiger partial charge is 0.383 e. The molecule has 3 rings (SSSR count).